The molecule has 1 aliphatic rings. The Kier molecular flexibility index (Phi) is 4.33. The first-order valence-corrected chi connectivity index (χ1v) is 6.34. The van der Waals surface area contributed by atoms with E-state index in [2.05, 4.69) is 15.3 Å². The van der Waals surface area contributed by atoms with E-state index in [1.165, 1.54) is 0 Å². The summed E-state index contributed by atoms with van der Waals surface area (Å²) in [6.07, 6.45) is 2.68. The van der Waals surface area contributed by atoms with Gasteiger partial charge in [0.05, 0.1) is 18.8 Å². The summed E-state index contributed by atoms with van der Waals surface area (Å²) in [6.45, 7) is 5.17. The average Bonchev–Trinajstić information content (AvgIpc) is 2.37. The van der Waals surface area contributed by atoms with E-state index >= 15 is 0 Å². The quantitative estimate of drug-likeness (QED) is 0.779. The van der Waals surface area contributed by atoms with Crippen molar-refractivity contribution in [1.82, 2.24) is 9.97 Å². The maximum Gasteiger partial charge on any atom is 0.226 e. The number of anilines is 1. The van der Waals surface area contributed by atoms with Gasteiger partial charge in [-0.3, -0.25) is 0 Å². The standard InChI is InChI=1S/C12H20N4O2/c1-3-17-9-7-8(13)11(9)16-12-14-6-5-10(15-12)18-4-2/h5-6,8-9,11H,3-4,7,13H2,1-2H3,(H,14,15,16). The SMILES string of the molecule is CCOc1ccnc(NC2C(N)CC2OCC)n1. The Bertz CT molecular complexity index is 386. The van der Waals surface area contributed by atoms with Crippen molar-refractivity contribution in [2.45, 2.75) is 38.5 Å². The van der Waals surface area contributed by atoms with E-state index < -0.39 is 0 Å². The molecule has 0 aromatic carbocycles. The van der Waals surface area contributed by atoms with Crippen LogP contribution in [0.3, 0.4) is 0 Å². The fraction of sp³-hybridized carbons (Fsp3) is 0.667. The third-order valence-electron chi connectivity index (χ3n) is 2.97. The fourth-order valence-corrected chi connectivity index (χ4v) is 2.02. The van der Waals surface area contributed by atoms with Gasteiger partial charge >= 0.3 is 0 Å². The molecular weight excluding hydrogens is 232 g/mol. The van der Waals surface area contributed by atoms with Gasteiger partial charge in [-0.05, 0) is 20.3 Å². The minimum atomic E-state index is 0.0711. The van der Waals surface area contributed by atoms with E-state index in [4.69, 9.17) is 15.2 Å². The molecule has 18 heavy (non-hydrogen) atoms. The molecule has 0 radical (unpaired) electrons. The third-order valence-corrected chi connectivity index (χ3v) is 2.97. The first-order chi connectivity index (χ1) is 8.74. The highest BCUT2D eigenvalue weighted by atomic mass is 16.5. The molecule has 0 spiro atoms. The number of hydrogen-bond acceptors (Lipinski definition) is 6. The minimum absolute atomic E-state index is 0.0711. The normalized spacial score (nSPS) is 26.5. The van der Waals surface area contributed by atoms with Crippen LogP contribution in [-0.4, -0.2) is 41.4 Å². The summed E-state index contributed by atoms with van der Waals surface area (Å²) in [5.74, 6) is 1.10. The van der Waals surface area contributed by atoms with Gasteiger partial charge in [-0.2, -0.15) is 4.98 Å². The largest absolute Gasteiger partial charge is 0.478 e. The van der Waals surface area contributed by atoms with E-state index in [-0.39, 0.29) is 18.2 Å². The monoisotopic (exact) mass is 252 g/mol. The lowest BCUT2D eigenvalue weighted by molar-refractivity contribution is -0.0128. The second kappa shape index (κ2) is 5.97. The lowest BCUT2D eigenvalue weighted by Crippen LogP contribution is -2.60. The summed E-state index contributed by atoms with van der Waals surface area (Å²) >= 11 is 0. The summed E-state index contributed by atoms with van der Waals surface area (Å²) in [4.78, 5) is 8.42. The van der Waals surface area contributed by atoms with Crippen LogP contribution < -0.4 is 15.8 Å². The molecule has 1 fully saturated rings. The fourth-order valence-electron chi connectivity index (χ4n) is 2.02. The molecule has 0 saturated heterocycles. The van der Waals surface area contributed by atoms with Gasteiger partial charge in [0, 0.05) is 24.9 Å². The Hall–Kier alpha value is -1.40. The molecule has 1 saturated carbocycles. The van der Waals surface area contributed by atoms with Gasteiger partial charge in [0.1, 0.15) is 0 Å². The van der Waals surface area contributed by atoms with Gasteiger partial charge in [0.15, 0.2) is 0 Å². The molecule has 0 amide bonds. The highest BCUT2D eigenvalue weighted by Crippen LogP contribution is 2.25. The summed E-state index contributed by atoms with van der Waals surface area (Å²) in [5.41, 5.74) is 5.96. The van der Waals surface area contributed by atoms with Gasteiger partial charge in [-0.25, -0.2) is 4.98 Å². The van der Waals surface area contributed by atoms with E-state index in [0.29, 0.717) is 25.0 Å². The van der Waals surface area contributed by atoms with E-state index in [9.17, 15) is 0 Å². The maximum atomic E-state index is 5.96. The smallest absolute Gasteiger partial charge is 0.226 e. The van der Waals surface area contributed by atoms with Crippen molar-refractivity contribution in [2.75, 3.05) is 18.5 Å². The Morgan fingerprint density at radius 2 is 2.28 bits per heavy atom. The molecule has 0 aliphatic heterocycles. The summed E-state index contributed by atoms with van der Waals surface area (Å²) < 4.78 is 10.9. The summed E-state index contributed by atoms with van der Waals surface area (Å²) in [7, 11) is 0. The Morgan fingerprint density at radius 1 is 1.44 bits per heavy atom. The van der Waals surface area contributed by atoms with Crippen LogP contribution in [0.4, 0.5) is 5.95 Å². The summed E-state index contributed by atoms with van der Waals surface area (Å²) in [5, 5.41) is 3.21. The number of hydrogen-bond donors (Lipinski definition) is 2. The Morgan fingerprint density at radius 3 is 2.94 bits per heavy atom. The topological polar surface area (TPSA) is 82.3 Å². The van der Waals surface area contributed by atoms with E-state index in [1.54, 1.807) is 12.3 Å². The van der Waals surface area contributed by atoms with Crippen molar-refractivity contribution in [3.05, 3.63) is 12.3 Å². The van der Waals surface area contributed by atoms with Gasteiger partial charge < -0.3 is 20.5 Å². The van der Waals surface area contributed by atoms with E-state index in [0.717, 1.165) is 6.42 Å². The molecule has 100 valence electrons. The number of aromatic nitrogens is 2. The van der Waals surface area contributed by atoms with Crippen LogP contribution in [0.5, 0.6) is 5.88 Å². The van der Waals surface area contributed by atoms with Crippen molar-refractivity contribution in [1.29, 1.82) is 0 Å². The predicted octanol–water partition coefficient (Wildman–Crippen LogP) is 0.792. The van der Waals surface area contributed by atoms with Gasteiger partial charge in [0.2, 0.25) is 11.8 Å². The van der Waals surface area contributed by atoms with Gasteiger partial charge in [-0.1, -0.05) is 0 Å². The van der Waals surface area contributed by atoms with Crippen LogP contribution >= 0.6 is 0 Å². The molecular formula is C12H20N4O2. The zero-order chi connectivity index (χ0) is 13.0. The number of nitrogens with one attached hydrogen (secondary N) is 1. The molecule has 0 bridgehead atoms. The molecule has 1 aromatic rings. The molecule has 3 unspecified atom stereocenters. The zero-order valence-electron chi connectivity index (χ0n) is 10.8. The highest BCUT2D eigenvalue weighted by Gasteiger charge is 2.39. The molecule has 1 aromatic heterocycles. The second-order valence-corrected chi connectivity index (χ2v) is 4.21. The van der Waals surface area contributed by atoms with Crippen LogP contribution in [0.2, 0.25) is 0 Å². The first-order valence-electron chi connectivity index (χ1n) is 6.34. The van der Waals surface area contributed by atoms with Crippen LogP contribution in [-0.2, 0) is 4.74 Å². The molecule has 6 nitrogen and oxygen atoms in total. The molecule has 1 heterocycles. The number of nitrogens with zero attached hydrogens (tertiary/aromatic N) is 2. The molecule has 6 heteroatoms. The van der Waals surface area contributed by atoms with E-state index in [1.807, 2.05) is 13.8 Å². The van der Waals surface area contributed by atoms with Crippen molar-refractivity contribution in [2.24, 2.45) is 5.73 Å². The molecule has 1 aliphatic carbocycles. The minimum Gasteiger partial charge on any atom is -0.478 e. The highest BCUT2D eigenvalue weighted by molar-refractivity contribution is 5.32. The number of rotatable bonds is 6. The molecule has 3 atom stereocenters. The second-order valence-electron chi connectivity index (χ2n) is 4.21. The Labute approximate surface area is 107 Å². The van der Waals surface area contributed by atoms with Gasteiger partial charge in [-0.15, -0.1) is 0 Å². The zero-order valence-corrected chi connectivity index (χ0v) is 10.8. The Balaban J connectivity index is 1.97. The third kappa shape index (κ3) is 2.88. The average molecular weight is 252 g/mol. The van der Waals surface area contributed by atoms with Crippen LogP contribution in [0.1, 0.15) is 20.3 Å². The molecule has 3 N–H and O–H groups in total. The first kappa shape index (κ1) is 13.0. The van der Waals surface area contributed by atoms with Gasteiger partial charge in [0.25, 0.3) is 0 Å². The van der Waals surface area contributed by atoms with Crippen molar-refractivity contribution >= 4 is 5.95 Å². The molecule has 2 rings (SSSR count). The summed E-state index contributed by atoms with van der Waals surface area (Å²) in [6, 6.07) is 1.89. The predicted molar refractivity (Wildman–Crippen MR) is 68.6 cm³/mol. The lowest BCUT2D eigenvalue weighted by atomic mass is 9.83. The van der Waals surface area contributed by atoms with Crippen LogP contribution in [0, 0.1) is 0 Å². The van der Waals surface area contributed by atoms with Crippen LogP contribution in [0.15, 0.2) is 12.3 Å². The number of ether oxygens (including phenoxy) is 2. The maximum absolute atomic E-state index is 5.96. The lowest BCUT2D eigenvalue weighted by Gasteiger charge is -2.42. The van der Waals surface area contributed by atoms with Crippen molar-refractivity contribution in [3.8, 4) is 5.88 Å². The van der Waals surface area contributed by atoms with Crippen molar-refractivity contribution < 1.29 is 9.47 Å². The number of nitrogens with two attached hydrogens (primary N) is 1. The van der Waals surface area contributed by atoms with Crippen LogP contribution in [0.25, 0.3) is 0 Å². The van der Waals surface area contributed by atoms with Crippen molar-refractivity contribution in [3.63, 3.8) is 0 Å².